The summed E-state index contributed by atoms with van der Waals surface area (Å²) in [4.78, 5) is 19.5. The van der Waals surface area contributed by atoms with Gasteiger partial charge in [-0.2, -0.15) is 26.3 Å². The van der Waals surface area contributed by atoms with Gasteiger partial charge in [0.05, 0.1) is 16.5 Å². The van der Waals surface area contributed by atoms with E-state index in [0.29, 0.717) is 12.1 Å². The van der Waals surface area contributed by atoms with Gasteiger partial charge in [0.2, 0.25) is 0 Å². The van der Waals surface area contributed by atoms with Gasteiger partial charge in [0.1, 0.15) is 0 Å². The Morgan fingerprint density at radius 3 is 1.57 bits per heavy atom. The van der Waals surface area contributed by atoms with Crippen LogP contribution >= 0.6 is 0 Å². The van der Waals surface area contributed by atoms with Crippen LogP contribution in [0.1, 0.15) is 49.1 Å². The minimum Gasteiger partial charge on any atom is -0.452 e. The molecule has 0 radical (unpaired) electrons. The Morgan fingerprint density at radius 1 is 0.857 bits per heavy atom. The second-order valence-corrected chi connectivity index (χ2v) is 6.96. The molecule has 2 heterocycles. The van der Waals surface area contributed by atoms with Gasteiger partial charge in [0.25, 0.3) is 0 Å². The Hall–Kier alpha value is -2.65. The van der Waals surface area contributed by atoms with Gasteiger partial charge in [0.15, 0.2) is 6.10 Å². The molecule has 0 bridgehead atoms. The van der Waals surface area contributed by atoms with Crippen molar-refractivity contribution in [3.8, 4) is 0 Å². The number of hydrogen-bond donors (Lipinski definition) is 0. The third-order valence-corrected chi connectivity index (χ3v) is 3.72. The highest BCUT2D eigenvalue weighted by Gasteiger charge is 2.42. The van der Waals surface area contributed by atoms with Crippen molar-refractivity contribution in [3.05, 3.63) is 59.2 Å². The van der Waals surface area contributed by atoms with Gasteiger partial charge in [-0.25, -0.2) is 0 Å². The van der Waals surface area contributed by atoms with Crippen molar-refractivity contribution in [1.29, 1.82) is 0 Å². The molecule has 0 saturated carbocycles. The third-order valence-electron chi connectivity index (χ3n) is 3.72. The van der Waals surface area contributed by atoms with Crippen LogP contribution in [-0.2, 0) is 21.9 Å². The molecule has 0 aliphatic carbocycles. The van der Waals surface area contributed by atoms with Crippen LogP contribution in [0.3, 0.4) is 0 Å². The third kappa shape index (κ3) is 4.79. The standard InChI is InChI=1S/C18H16F6N2O2/c1-16(2,3)15(27)28-14(10-8-25-6-4-12(10)17(19,20)21)11-9-26-7-5-13(11)18(22,23)24/h4-9,14H,1-3H3. The number of pyridine rings is 2. The highest BCUT2D eigenvalue weighted by Crippen LogP contribution is 2.42. The summed E-state index contributed by atoms with van der Waals surface area (Å²) in [6.45, 7) is 4.27. The van der Waals surface area contributed by atoms with Crippen LogP contribution in [0.25, 0.3) is 0 Å². The fraction of sp³-hybridized carbons (Fsp3) is 0.389. The van der Waals surface area contributed by atoms with Crippen LogP contribution < -0.4 is 0 Å². The monoisotopic (exact) mass is 406 g/mol. The second kappa shape index (κ2) is 7.40. The number of aromatic nitrogens is 2. The van der Waals surface area contributed by atoms with Gasteiger partial charge in [-0.05, 0) is 32.9 Å². The van der Waals surface area contributed by atoms with Crippen LogP contribution in [0.15, 0.2) is 36.9 Å². The van der Waals surface area contributed by atoms with Crippen LogP contribution in [0.5, 0.6) is 0 Å². The average molecular weight is 406 g/mol. The van der Waals surface area contributed by atoms with E-state index in [1.165, 1.54) is 20.8 Å². The van der Waals surface area contributed by atoms with Gasteiger partial charge in [0, 0.05) is 35.9 Å². The van der Waals surface area contributed by atoms with E-state index >= 15 is 0 Å². The Labute approximate surface area is 156 Å². The molecular formula is C18H16F6N2O2. The minimum atomic E-state index is -4.90. The highest BCUT2D eigenvalue weighted by molar-refractivity contribution is 5.76. The van der Waals surface area contributed by atoms with E-state index in [9.17, 15) is 31.1 Å². The van der Waals surface area contributed by atoms with Crippen molar-refractivity contribution < 1.29 is 35.9 Å². The molecule has 2 aromatic heterocycles. The lowest BCUT2D eigenvalue weighted by Gasteiger charge is -2.27. The first-order valence-corrected chi connectivity index (χ1v) is 7.96. The van der Waals surface area contributed by atoms with E-state index in [0.717, 1.165) is 24.8 Å². The zero-order valence-corrected chi connectivity index (χ0v) is 15.0. The lowest BCUT2D eigenvalue weighted by Crippen LogP contribution is -2.28. The molecule has 0 fully saturated rings. The average Bonchev–Trinajstić information content (AvgIpc) is 2.57. The van der Waals surface area contributed by atoms with Crippen molar-refractivity contribution in [3.63, 3.8) is 0 Å². The molecule has 0 N–H and O–H groups in total. The summed E-state index contributed by atoms with van der Waals surface area (Å²) in [5, 5.41) is 0. The summed E-state index contributed by atoms with van der Waals surface area (Å²) in [6.07, 6.45) is -8.63. The topological polar surface area (TPSA) is 52.1 Å². The number of ether oxygens (including phenoxy) is 1. The van der Waals surface area contributed by atoms with Crippen molar-refractivity contribution in [1.82, 2.24) is 9.97 Å². The fourth-order valence-corrected chi connectivity index (χ4v) is 2.33. The molecule has 28 heavy (non-hydrogen) atoms. The molecule has 0 amide bonds. The lowest BCUT2D eigenvalue weighted by molar-refractivity contribution is -0.160. The molecule has 0 spiro atoms. The van der Waals surface area contributed by atoms with Gasteiger partial charge in [-0.15, -0.1) is 0 Å². The van der Waals surface area contributed by atoms with E-state index in [4.69, 9.17) is 4.74 Å². The predicted octanol–water partition coefficient (Wildman–Crippen LogP) is 5.19. The van der Waals surface area contributed by atoms with Gasteiger partial charge < -0.3 is 4.74 Å². The Kier molecular flexibility index (Phi) is 5.72. The number of esters is 1. The molecule has 0 aromatic carbocycles. The summed E-state index contributed by atoms with van der Waals surface area (Å²) in [6, 6.07) is 1.22. The number of carbonyl (C=O) groups excluding carboxylic acids is 1. The first kappa shape index (κ1) is 21.6. The number of nitrogens with zero attached hydrogens (tertiary/aromatic N) is 2. The summed E-state index contributed by atoms with van der Waals surface area (Å²) in [5.41, 5.74) is -5.12. The summed E-state index contributed by atoms with van der Waals surface area (Å²) >= 11 is 0. The van der Waals surface area contributed by atoms with E-state index in [-0.39, 0.29) is 0 Å². The summed E-state index contributed by atoms with van der Waals surface area (Å²) in [5.74, 6) is -0.980. The highest BCUT2D eigenvalue weighted by atomic mass is 19.4. The van der Waals surface area contributed by atoms with E-state index < -0.39 is 52.1 Å². The first-order valence-electron chi connectivity index (χ1n) is 7.96. The van der Waals surface area contributed by atoms with Gasteiger partial charge >= 0.3 is 18.3 Å². The molecule has 0 saturated heterocycles. The summed E-state index contributed by atoms with van der Waals surface area (Å²) < 4.78 is 85.7. The predicted molar refractivity (Wildman–Crippen MR) is 85.9 cm³/mol. The van der Waals surface area contributed by atoms with E-state index in [2.05, 4.69) is 9.97 Å². The quantitative estimate of drug-likeness (QED) is 0.520. The fourth-order valence-electron chi connectivity index (χ4n) is 2.33. The molecule has 2 rings (SSSR count). The van der Waals surface area contributed by atoms with Crippen molar-refractivity contribution in [2.24, 2.45) is 5.41 Å². The van der Waals surface area contributed by atoms with E-state index in [1.54, 1.807) is 0 Å². The number of carbonyl (C=O) groups is 1. The van der Waals surface area contributed by atoms with Crippen LogP contribution in [-0.4, -0.2) is 15.9 Å². The molecule has 10 heteroatoms. The maximum atomic E-state index is 13.4. The smallest absolute Gasteiger partial charge is 0.416 e. The molecule has 4 nitrogen and oxygen atoms in total. The van der Waals surface area contributed by atoms with Gasteiger partial charge in [-0.3, -0.25) is 14.8 Å². The second-order valence-electron chi connectivity index (χ2n) is 6.96. The molecule has 0 aliphatic rings. The maximum absolute atomic E-state index is 13.4. The molecule has 2 aromatic rings. The largest absolute Gasteiger partial charge is 0.452 e. The normalized spacial score (nSPS) is 12.9. The Morgan fingerprint density at radius 2 is 1.25 bits per heavy atom. The van der Waals surface area contributed by atoms with E-state index in [1.807, 2.05) is 0 Å². The van der Waals surface area contributed by atoms with Crippen LogP contribution in [0, 0.1) is 5.41 Å². The maximum Gasteiger partial charge on any atom is 0.416 e. The number of halogens is 6. The van der Waals surface area contributed by atoms with Gasteiger partial charge in [-0.1, -0.05) is 0 Å². The minimum absolute atomic E-state index is 0.608. The number of alkyl halides is 6. The summed E-state index contributed by atoms with van der Waals surface area (Å²) in [7, 11) is 0. The molecule has 0 aliphatic heterocycles. The molecule has 0 atom stereocenters. The van der Waals surface area contributed by atoms with Crippen molar-refractivity contribution in [2.45, 2.75) is 39.2 Å². The zero-order chi connectivity index (χ0) is 21.3. The SMILES string of the molecule is CC(C)(C)C(=O)OC(c1cnccc1C(F)(F)F)c1cnccc1C(F)(F)F. The van der Waals surface area contributed by atoms with Crippen LogP contribution in [0.2, 0.25) is 0 Å². The van der Waals surface area contributed by atoms with Crippen molar-refractivity contribution in [2.75, 3.05) is 0 Å². The van der Waals surface area contributed by atoms with Crippen molar-refractivity contribution >= 4 is 5.97 Å². The molecular weight excluding hydrogens is 390 g/mol. The zero-order valence-electron chi connectivity index (χ0n) is 15.0. The van der Waals surface area contributed by atoms with Crippen LogP contribution in [0.4, 0.5) is 26.3 Å². The number of hydrogen-bond acceptors (Lipinski definition) is 4. The molecule has 0 unspecified atom stereocenters. The molecule has 152 valence electrons. The lowest BCUT2D eigenvalue weighted by atomic mass is 9.94. The Balaban J connectivity index is 2.73. The Bertz CT molecular complexity index is 799. The number of rotatable bonds is 3. The first-order chi connectivity index (χ1) is 12.7.